The summed E-state index contributed by atoms with van der Waals surface area (Å²) in [4.78, 5) is 13.6. The molecule has 0 aliphatic carbocycles. The van der Waals surface area contributed by atoms with Crippen LogP contribution >= 0.6 is 22.6 Å². The number of nitrogens with zero attached hydrogens (tertiary/aromatic N) is 3. The van der Waals surface area contributed by atoms with Crippen molar-refractivity contribution in [2.75, 3.05) is 0 Å². The fourth-order valence-corrected chi connectivity index (χ4v) is 4.93. The summed E-state index contributed by atoms with van der Waals surface area (Å²) in [6, 6.07) is 0. The molecule has 0 radical (unpaired) electrons. The molecule has 4 heteroatoms. The second-order valence-corrected chi connectivity index (χ2v) is 12.1. The maximum absolute atomic E-state index is 4.63. The van der Waals surface area contributed by atoms with Crippen LogP contribution in [0.5, 0.6) is 0 Å². The van der Waals surface area contributed by atoms with Crippen LogP contribution in [0.1, 0.15) is 149 Å². The van der Waals surface area contributed by atoms with Gasteiger partial charge in [0.05, 0.1) is 0 Å². The Bertz CT molecular complexity index is 1220. The highest BCUT2D eigenvalue weighted by Gasteiger charge is 2.11. The Morgan fingerprint density at radius 2 is 0.833 bits per heavy atom. The van der Waals surface area contributed by atoms with Gasteiger partial charge in [-0.1, -0.05) is 63.3 Å². The van der Waals surface area contributed by atoms with Gasteiger partial charge in [0.25, 0.3) is 0 Å². The van der Waals surface area contributed by atoms with Gasteiger partial charge in [-0.15, -0.1) is 0 Å². The molecule has 3 heterocycles. The number of hydrogen-bond acceptors (Lipinski definition) is 3. The van der Waals surface area contributed by atoms with E-state index in [1.807, 2.05) is 0 Å². The Balaban J connectivity index is -0.000000154. The number of rotatable bonds is 2. The Morgan fingerprint density at radius 1 is 0.500 bits per heavy atom. The van der Waals surface area contributed by atoms with Gasteiger partial charge in [-0.2, -0.15) is 0 Å². The number of halogens is 1. The highest BCUT2D eigenvalue weighted by molar-refractivity contribution is 14.1. The molecule has 0 aliphatic heterocycles. The molecule has 0 aliphatic rings. The van der Waals surface area contributed by atoms with Gasteiger partial charge in [0.2, 0.25) is 0 Å². The number of hydrogen-bond donors (Lipinski definition) is 0. The molecular weight excluding hydrogens is 625 g/mol. The van der Waals surface area contributed by atoms with E-state index in [1.165, 1.54) is 79.3 Å². The zero-order chi connectivity index (χ0) is 30.8. The first-order valence-electron chi connectivity index (χ1n) is 14.4. The lowest BCUT2D eigenvalue weighted by atomic mass is 9.97. The predicted octanol–water partition coefficient (Wildman–Crippen LogP) is 12.8. The molecule has 0 saturated heterocycles. The molecule has 0 unspecified atom stereocenters. The summed E-state index contributed by atoms with van der Waals surface area (Å²) in [5, 5.41) is 0. The van der Waals surface area contributed by atoms with E-state index in [0.717, 1.165) is 15.8 Å². The molecule has 3 aromatic rings. The van der Waals surface area contributed by atoms with Crippen molar-refractivity contribution in [2.24, 2.45) is 0 Å². The van der Waals surface area contributed by atoms with E-state index in [9.17, 15) is 0 Å². The molecule has 244 valence electrons. The summed E-state index contributed by atoms with van der Waals surface area (Å²) in [5.41, 5.74) is 18.2. The van der Waals surface area contributed by atoms with E-state index in [0.29, 0.717) is 5.92 Å². The zero-order valence-electron chi connectivity index (χ0n) is 28.2. The molecular formula is C38H70IN3. The number of aromatic nitrogens is 3. The lowest BCUT2D eigenvalue weighted by molar-refractivity contribution is 0.796. The van der Waals surface area contributed by atoms with E-state index in [2.05, 4.69) is 155 Å². The van der Waals surface area contributed by atoms with Crippen LogP contribution in [0.25, 0.3) is 0 Å². The van der Waals surface area contributed by atoms with Gasteiger partial charge in [0.15, 0.2) is 0 Å². The monoisotopic (exact) mass is 696 g/mol. The van der Waals surface area contributed by atoms with Crippen molar-refractivity contribution < 1.29 is 1.43 Å². The predicted molar refractivity (Wildman–Crippen MR) is 204 cm³/mol. The van der Waals surface area contributed by atoms with Crippen LogP contribution in [-0.2, 0) is 6.42 Å². The van der Waals surface area contributed by atoms with Crippen molar-refractivity contribution in [3.05, 3.63) is 82.2 Å². The quantitative estimate of drug-likeness (QED) is 0.198. The van der Waals surface area contributed by atoms with Crippen molar-refractivity contribution in [2.45, 2.75) is 159 Å². The zero-order valence-corrected chi connectivity index (χ0v) is 30.4. The molecule has 0 N–H and O–H groups in total. The van der Waals surface area contributed by atoms with Gasteiger partial charge in [-0.3, -0.25) is 9.97 Å². The van der Waals surface area contributed by atoms with Crippen LogP contribution < -0.4 is 0 Å². The van der Waals surface area contributed by atoms with E-state index in [1.54, 1.807) is 0 Å². The van der Waals surface area contributed by atoms with Gasteiger partial charge in [-0.25, -0.2) is 4.98 Å². The van der Waals surface area contributed by atoms with Gasteiger partial charge in [0, 0.05) is 29.9 Å². The molecule has 3 aromatic heterocycles. The van der Waals surface area contributed by atoms with E-state index >= 15 is 0 Å². The third-order valence-electron chi connectivity index (χ3n) is 7.87. The Kier molecular flexibility index (Phi) is 24.5. The summed E-state index contributed by atoms with van der Waals surface area (Å²) in [7, 11) is 0. The first kappa shape index (κ1) is 47.1. The SMILES string of the molecule is C.C.C.CCC.CCc1nc(C)c(C)c(C)c1C.Cc1nc(C(C)C)c(C)c(C)c1C.Cc1nc(I)c(C)c(C)c1C.[2HH]. The smallest absolute Gasteiger partial charge is 0.104 e. The van der Waals surface area contributed by atoms with Crippen molar-refractivity contribution in [1.82, 2.24) is 15.0 Å². The third kappa shape index (κ3) is 12.8. The van der Waals surface area contributed by atoms with Crippen LogP contribution in [0.4, 0.5) is 0 Å². The van der Waals surface area contributed by atoms with E-state index in [4.69, 9.17) is 0 Å². The second kappa shape index (κ2) is 21.8. The topological polar surface area (TPSA) is 38.7 Å². The maximum Gasteiger partial charge on any atom is 0.104 e. The van der Waals surface area contributed by atoms with E-state index in [-0.39, 0.29) is 23.7 Å². The summed E-state index contributed by atoms with van der Waals surface area (Å²) < 4.78 is 1.13. The van der Waals surface area contributed by atoms with Gasteiger partial charge in [-0.05, 0) is 168 Å². The molecule has 0 spiro atoms. The molecule has 0 atom stereocenters. The highest BCUT2D eigenvalue weighted by atomic mass is 127. The van der Waals surface area contributed by atoms with Crippen molar-refractivity contribution in [3.63, 3.8) is 0 Å². The second-order valence-electron chi connectivity index (χ2n) is 11.1. The van der Waals surface area contributed by atoms with Gasteiger partial charge >= 0.3 is 0 Å². The fraction of sp³-hybridized carbons (Fsp3) is 0.605. The molecule has 0 saturated carbocycles. The Labute approximate surface area is 278 Å². The average molecular weight is 697 g/mol. The van der Waals surface area contributed by atoms with Crippen LogP contribution in [0, 0.1) is 86.8 Å². The third-order valence-corrected chi connectivity index (χ3v) is 8.92. The fourth-order valence-electron chi connectivity index (χ4n) is 4.16. The first-order valence-corrected chi connectivity index (χ1v) is 15.5. The van der Waals surface area contributed by atoms with Crippen LogP contribution in [0.2, 0.25) is 0 Å². The highest BCUT2D eigenvalue weighted by Crippen LogP contribution is 2.23. The molecule has 3 rings (SSSR count). The standard InChI is InChI=1S/C12H19N.C11H17N.C9H12IN.C3H8.3CH4.H2/c1-7(2)12-10(5)8(3)9(4)11(6)13-12;1-6-11-9(4)7(2)8(3)10(5)12-11;1-5-6(2)8(4)11-9(10)7(5)3;1-3-2;;;;/h7H,1-6H3;6H2,1-5H3;1-4H3;3H2,1-2H3;3*1H4;1H/i;;;;;;;1+1. The summed E-state index contributed by atoms with van der Waals surface area (Å²) in [6.45, 7) is 36.4. The van der Waals surface area contributed by atoms with Crippen molar-refractivity contribution >= 4 is 22.6 Å². The molecule has 0 amide bonds. The lowest BCUT2D eigenvalue weighted by Crippen LogP contribution is -2.03. The lowest BCUT2D eigenvalue weighted by Gasteiger charge is -2.15. The van der Waals surface area contributed by atoms with Crippen LogP contribution in [0.3, 0.4) is 0 Å². The van der Waals surface area contributed by atoms with Gasteiger partial charge < -0.3 is 0 Å². The summed E-state index contributed by atoms with van der Waals surface area (Å²) in [6.07, 6.45) is 2.29. The Hall–Kier alpha value is -1.82. The first-order chi connectivity index (χ1) is 18.0. The number of aryl methyl sites for hydroxylation is 4. The minimum absolute atomic E-state index is 0. The summed E-state index contributed by atoms with van der Waals surface area (Å²) >= 11 is 2.28. The normalized spacial score (nSPS) is 9.50. The minimum atomic E-state index is 0. The molecule has 0 fully saturated rings. The molecule has 42 heavy (non-hydrogen) atoms. The average Bonchev–Trinajstić information content (AvgIpc) is 2.89. The molecule has 3 nitrogen and oxygen atoms in total. The summed E-state index contributed by atoms with van der Waals surface area (Å²) in [5.74, 6) is 0.526. The Morgan fingerprint density at radius 3 is 1.21 bits per heavy atom. The number of pyridine rings is 3. The van der Waals surface area contributed by atoms with E-state index < -0.39 is 0 Å². The van der Waals surface area contributed by atoms with Crippen LogP contribution in [-0.4, -0.2) is 15.0 Å². The maximum atomic E-state index is 4.63. The largest absolute Gasteiger partial charge is 0.258 e. The van der Waals surface area contributed by atoms with Crippen LogP contribution in [0.15, 0.2) is 0 Å². The van der Waals surface area contributed by atoms with Crippen molar-refractivity contribution in [3.8, 4) is 0 Å². The minimum Gasteiger partial charge on any atom is -0.258 e. The van der Waals surface area contributed by atoms with Gasteiger partial charge in [0.1, 0.15) is 3.70 Å². The van der Waals surface area contributed by atoms with Crippen molar-refractivity contribution in [1.29, 1.82) is 0 Å². The molecule has 0 bridgehead atoms. The molecule has 0 aromatic carbocycles.